The van der Waals surface area contributed by atoms with Crippen LogP contribution < -0.4 is 5.73 Å². The Hall–Kier alpha value is -0.860. The summed E-state index contributed by atoms with van der Waals surface area (Å²) in [4.78, 5) is 10.4. The van der Waals surface area contributed by atoms with Crippen molar-refractivity contribution in [3.8, 4) is 0 Å². The summed E-state index contributed by atoms with van der Waals surface area (Å²) in [6, 6.07) is 0. The summed E-state index contributed by atoms with van der Waals surface area (Å²) >= 11 is 0. The van der Waals surface area contributed by atoms with E-state index in [9.17, 15) is 13.2 Å². The fraction of sp³-hybridized carbons (Fsp3) is 0.875. The van der Waals surface area contributed by atoms with Gasteiger partial charge in [-0.3, -0.25) is 0 Å². The lowest BCUT2D eigenvalue weighted by Gasteiger charge is -2.34. The number of carbonyl (C=O) groups excluding carboxylic acids is 1. The van der Waals surface area contributed by atoms with Crippen molar-refractivity contribution in [2.75, 3.05) is 26.7 Å². The Morgan fingerprint density at radius 3 is 2.50 bits per heavy atom. The number of rotatable bonds is 4. The molecule has 0 aromatic heterocycles. The standard InChI is InChI=1S/C8H17N3O4S/c1-10(16(13)14)11-4-2-7(3-5-11)6-15-8(9)12/h7,16H,2-6H2,1H3,(H2,9,12). The first-order valence-electron chi connectivity index (χ1n) is 5.06. The quantitative estimate of drug-likeness (QED) is 0.636. The number of primary amides is 1. The lowest BCUT2D eigenvalue weighted by molar-refractivity contribution is 0.0292. The highest BCUT2D eigenvalue weighted by Crippen LogP contribution is 2.18. The van der Waals surface area contributed by atoms with Crippen molar-refractivity contribution in [1.82, 2.24) is 9.42 Å². The number of piperidine rings is 1. The van der Waals surface area contributed by atoms with Crippen LogP contribution in [0.5, 0.6) is 0 Å². The van der Waals surface area contributed by atoms with Gasteiger partial charge in [0.15, 0.2) is 0 Å². The van der Waals surface area contributed by atoms with Gasteiger partial charge in [-0.05, 0) is 18.8 Å². The van der Waals surface area contributed by atoms with Crippen LogP contribution in [0, 0.1) is 5.92 Å². The van der Waals surface area contributed by atoms with Crippen molar-refractivity contribution in [1.29, 1.82) is 0 Å². The van der Waals surface area contributed by atoms with Gasteiger partial charge in [-0.1, -0.05) is 0 Å². The number of ether oxygens (including phenoxy) is 1. The van der Waals surface area contributed by atoms with Gasteiger partial charge in [0.25, 0.3) is 0 Å². The van der Waals surface area contributed by atoms with E-state index < -0.39 is 17.0 Å². The van der Waals surface area contributed by atoms with Gasteiger partial charge in [0.1, 0.15) is 0 Å². The second-order valence-corrected chi connectivity index (χ2v) is 4.81. The molecule has 1 amide bonds. The number of amides is 1. The van der Waals surface area contributed by atoms with Crippen molar-refractivity contribution >= 4 is 17.0 Å². The first-order chi connectivity index (χ1) is 7.50. The van der Waals surface area contributed by atoms with Gasteiger partial charge >= 0.3 is 6.09 Å². The van der Waals surface area contributed by atoms with Gasteiger partial charge < -0.3 is 10.5 Å². The lowest BCUT2D eigenvalue weighted by atomic mass is 9.99. The number of nitrogens with two attached hydrogens (primary N) is 1. The van der Waals surface area contributed by atoms with E-state index in [1.165, 1.54) is 11.5 Å². The van der Waals surface area contributed by atoms with E-state index in [2.05, 4.69) is 0 Å². The summed E-state index contributed by atoms with van der Waals surface area (Å²) in [5.74, 6) is 0.265. The third kappa shape index (κ3) is 3.95. The molecule has 0 aromatic carbocycles. The second kappa shape index (κ2) is 6.02. The van der Waals surface area contributed by atoms with Crippen molar-refractivity contribution in [2.24, 2.45) is 11.7 Å². The van der Waals surface area contributed by atoms with Gasteiger partial charge in [0.05, 0.1) is 6.61 Å². The minimum Gasteiger partial charge on any atom is -0.449 e. The molecule has 1 saturated heterocycles. The maximum absolute atomic E-state index is 10.7. The van der Waals surface area contributed by atoms with E-state index >= 15 is 0 Å². The normalized spacial score (nSPS) is 19.2. The molecule has 1 aliphatic rings. The highest BCUT2D eigenvalue weighted by molar-refractivity contribution is 7.69. The molecule has 1 fully saturated rings. The summed E-state index contributed by atoms with van der Waals surface area (Å²) in [6.07, 6.45) is 0.823. The molecular weight excluding hydrogens is 234 g/mol. The molecule has 0 aromatic rings. The predicted molar refractivity (Wildman–Crippen MR) is 57.9 cm³/mol. The van der Waals surface area contributed by atoms with Crippen LogP contribution in [-0.4, -0.2) is 50.7 Å². The largest absolute Gasteiger partial charge is 0.449 e. The van der Waals surface area contributed by atoms with Gasteiger partial charge in [-0.2, -0.15) is 0 Å². The molecule has 0 unspecified atom stereocenters. The Bertz CT molecular complexity index is 304. The topological polar surface area (TPSA) is 92.9 Å². The van der Waals surface area contributed by atoms with Gasteiger partial charge in [-0.25, -0.2) is 18.2 Å². The Kier molecular flexibility index (Phi) is 4.97. The highest BCUT2D eigenvalue weighted by atomic mass is 32.2. The zero-order valence-electron chi connectivity index (χ0n) is 9.16. The molecule has 1 rings (SSSR count). The molecule has 0 saturated carbocycles. The van der Waals surface area contributed by atoms with Crippen LogP contribution in [0.25, 0.3) is 0 Å². The van der Waals surface area contributed by atoms with Crippen LogP contribution in [0.3, 0.4) is 0 Å². The van der Waals surface area contributed by atoms with Crippen LogP contribution in [0.2, 0.25) is 0 Å². The second-order valence-electron chi connectivity index (χ2n) is 3.75. The fourth-order valence-electron chi connectivity index (χ4n) is 1.68. The molecule has 1 aliphatic heterocycles. The molecular formula is C8H17N3O4S. The predicted octanol–water partition coefficient (Wildman–Crippen LogP) is -0.833. The molecule has 0 atom stereocenters. The summed E-state index contributed by atoms with van der Waals surface area (Å²) in [5, 5.41) is 1.76. The van der Waals surface area contributed by atoms with Crippen molar-refractivity contribution < 1.29 is 17.9 Å². The lowest BCUT2D eigenvalue weighted by Crippen LogP contribution is -2.44. The van der Waals surface area contributed by atoms with Crippen LogP contribution in [0.15, 0.2) is 0 Å². The number of hydrazine groups is 1. The summed E-state index contributed by atoms with van der Waals surface area (Å²) in [6.45, 7) is 1.61. The smallest absolute Gasteiger partial charge is 0.404 e. The van der Waals surface area contributed by atoms with E-state index in [0.717, 1.165) is 12.8 Å². The van der Waals surface area contributed by atoms with Crippen LogP contribution >= 0.6 is 0 Å². The maximum atomic E-state index is 10.7. The summed E-state index contributed by atoms with van der Waals surface area (Å²) in [7, 11) is -1.04. The molecule has 0 bridgehead atoms. The Morgan fingerprint density at radius 1 is 1.50 bits per heavy atom. The minimum atomic E-state index is -2.56. The SMILES string of the molecule is CN(N1CCC(COC(N)=O)CC1)[SH](=O)=O. The molecule has 8 heteroatoms. The molecule has 2 N–H and O–H groups in total. The Balaban J connectivity index is 2.31. The van der Waals surface area contributed by atoms with E-state index in [-0.39, 0.29) is 5.92 Å². The average Bonchev–Trinajstić information content (AvgIpc) is 2.26. The zero-order chi connectivity index (χ0) is 12.1. The van der Waals surface area contributed by atoms with Crippen LogP contribution in [0.1, 0.15) is 12.8 Å². The number of thiol groups is 1. The average molecular weight is 251 g/mol. The van der Waals surface area contributed by atoms with E-state index in [0.29, 0.717) is 19.7 Å². The number of hydrogen-bond acceptors (Lipinski definition) is 5. The highest BCUT2D eigenvalue weighted by Gasteiger charge is 2.23. The third-order valence-electron chi connectivity index (χ3n) is 2.70. The Labute approximate surface area is 96.2 Å². The van der Waals surface area contributed by atoms with E-state index in [1.807, 2.05) is 0 Å². The van der Waals surface area contributed by atoms with E-state index in [1.54, 1.807) is 5.01 Å². The molecule has 16 heavy (non-hydrogen) atoms. The molecule has 0 aliphatic carbocycles. The summed E-state index contributed by atoms with van der Waals surface area (Å²) in [5.41, 5.74) is 4.87. The van der Waals surface area contributed by atoms with Crippen LogP contribution in [-0.2, 0) is 15.6 Å². The molecule has 0 spiro atoms. The fourth-order valence-corrected chi connectivity index (χ4v) is 2.06. The minimum absolute atomic E-state index is 0.265. The number of hydrogen-bond donors (Lipinski definition) is 2. The monoisotopic (exact) mass is 251 g/mol. The van der Waals surface area contributed by atoms with E-state index in [4.69, 9.17) is 10.5 Å². The first kappa shape index (κ1) is 13.2. The maximum Gasteiger partial charge on any atom is 0.404 e. The van der Waals surface area contributed by atoms with Crippen molar-refractivity contribution in [3.05, 3.63) is 0 Å². The zero-order valence-corrected chi connectivity index (χ0v) is 10.1. The molecule has 7 nitrogen and oxygen atoms in total. The van der Waals surface area contributed by atoms with Crippen LogP contribution in [0.4, 0.5) is 4.79 Å². The third-order valence-corrected chi connectivity index (χ3v) is 3.42. The molecule has 94 valence electrons. The van der Waals surface area contributed by atoms with Crippen molar-refractivity contribution in [3.63, 3.8) is 0 Å². The van der Waals surface area contributed by atoms with Gasteiger partial charge in [-0.15, -0.1) is 4.41 Å². The van der Waals surface area contributed by atoms with Crippen molar-refractivity contribution in [2.45, 2.75) is 12.8 Å². The van der Waals surface area contributed by atoms with Gasteiger partial charge in [0, 0.05) is 20.1 Å². The Morgan fingerprint density at radius 2 is 2.06 bits per heavy atom. The van der Waals surface area contributed by atoms with Gasteiger partial charge in [0.2, 0.25) is 10.9 Å². The first-order valence-corrected chi connectivity index (χ1v) is 6.19. The molecule has 1 heterocycles. The number of nitrogens with zero attached hydrogens (tertiary/aromatic N) is 2. The summed E-state index contributed by atoms with van der Waals surface area (Å²) < 4.78 is 27.4. The number of carbonyl (C=O) groups is 1. The molecule has 0 radical (unpaired) electrons.